The van der Waals surface area contributed by atoms with E-state index in [1.807, 2.05) is 26.0 Å². The molecule has 0 amide bonds. The van der Waals surface area contributed by atoms with Gasteiger partial charge in [-0.1, -0.05) is 6.07 Å². The molecular weight excluding hydrogens is 234 g/mol. The van der Waals surface area contributed by atoms with Crippen molar-refractivity contribution in [3.63, 3.8) is 0 Å². The van der Waals surface area contributed by atoms with E-state index in [2.05, 4.69) is 4.98 Å². The highest BCUT2D eigenvalue weighted by molar-refractivity contribution is 5.92. The van der Waals surface area contributed by atoms with Crippen molar-refractivity contribution in [3.05, 3.63) is 35.4 Å². The van der Waals surface area contributed by atoms with E-state index in [0.717, 1.165) is 17.5 Å². The van der Waals surface area contributed by atoms with E-state index in [0.29, 0.717) is 11.3 Å². The van der Waals surface area contributed by atoms with Crippen LogP contribution in [0.5, 0.6) is 5.75 Å². The molecule has 1 aromatic carbocycles. The third-order valence-electron chi connectivity index (χ3n) is 2.64. The second-order valence-corrected chi connectivity index (χ2v) is 4.00. The molecule has 0 bridgehead atoms. The first kappa shape index (κ1) is 12.2. The number of oxazole rings is 1. The Morgan fingerprint density at radius 3 is 2.72 bits per heavy atom. The fourth-order valence-corrected chi connectivity index (χ4v) is 1.99. The lowest BCUT2D eigenvalue weighted by molar-refractivity contribution is 0.0663. The molecule has 1 heterocycles. The Morgan fingerprint density at radius 1 is 1.39 bits per heavy atom. The highest BCUT2D eigenvalue weighted by Gasteiger charge is 2.21. The summed E-state index contributed by atoms with van der Waals surface area (Å²) in [5, 5.41) is 9.04. The molecule has 0 saturated carbocycles. The molecule has 0 spiro atoms. The minimum absolute atomic E-state index is 0.182. The molecule has 94 valence electrons. The van der Waals surface area contributed by atoms with Crippen LogP contribution in [0.25, 0.3) is 11.3 Å². The summed E-state index contributed by atoms with van der Waals surface area (Å²) in [4.78, 5) is 15.0. The quantitative estimate of drug-likeness (QED) is 0.902. The Labute approximate surface area is 104 Å². The number of carboxylic acid groups (broad SMARTS) is 1. The van der Waals surface area contributed by atoms with Crippen molar-refractivity contribution in [2.45, 2.75) is 13.8 Å². The van der Waals surface area contributed by atoms with Crippen molar-refractivity contribution in [2.75, 3.05) is 7.11 Å². The highest BCUT2D eigenvalue weighted by atomic mass is 16.5. The predicted molar refractivity (Wildman–Crippen MR) is 64.9 cm³/mol. The van der Waals surface area contributed by atoms with Crippen LogP contribution in [0.15, 0.2) is 22.9 Å². The molecule has 18 heavy (non-hydrogen) atoms. The maximum Gasteiger partial charge on any atom is 0.374 e. The Hall–Kier alpha value is -2.30. The summed E-state index contributed by atoms with van der Waals surface area (Å²) in [5.74, 6) is -0.723. The van der Waals surface area contributed by atoms with Gasteiger partial charge in [0, 0.05) is 5.56 Å². The van der Waals surface area contributed by atoms with E-state index in [1.54, 1.807) is 7.11 Å². The molecule has 2 aromatic rings. The van der Waals surface area contributed by atoms with Gasteiger partial charge in [0.05, 0.1) is 7.11 Å². The molecular formula is C13H13NO4. The van der Waals surface area contributed by atoms with Crippen molar-refractivity contribution in [1.29, 1.82) is 0 Å². The predicted octanol–water partition coefficient (Wildman–Crippen LogP) is 2.67. The van der Waals surface area contributed by atoms with E-state index < -0.39 is 5.97 Å². The summed E-state index contributed by atoms with van der Waals surface area (Å²) in [6, 6.07) is 3.79. The SMILES string of the molecule is COc1c(C)cc(C)cc1-c1ncoc1C(=O)O. The van der Waals surface area contributed by atoms with Crippen molar-refractivity contribution in [1.82, 2.24) is 4.98 Å². The van der Waals surface area contributed by atoms with Crippen LogP contribution in [0.4, 0.5) is 0 Å². The fraction of sp³-hybridized carbons (Fsp3) is 0.231. The van der Waals surface area contributed by atoms with Crippen LogP contribution in [-0.2, 0) is 0 Å². The Balaban J connectivity index is 2.70. The van der Waals surface area contributed by atoms with Crippen LogP contribution in [-0.4, -0.2) is 23.2 Å². The first-order valence-electron chi connectivity index (χ1n) is 5.37. The number of nitrogens with zero attached hydrogens (tertiary/aromatic N) is 1. The molecule has 0 fully saturated rings. The number of hydrogen-bond donors (Lipinski definition) is 1. The summed E-state index contributed by atoms with van der Waals surface area (Å²) >= 11 is 0. The summed E-state index contributed by atoms with van der Waals surface area (Å²) < 4.78 is 10.2. The first-order valence-corrected chi connectivity index (χ1v) is 5.37. The molecule has 0 saturated heterocycles. The van der Waals surface area contributed by atoms with Gasteiger partial charge in [-0.05, 0) is 31.0 Å². The molecule has 0 unspecified atom stereocenters. The van der Waals surface area contributed by atoms with Gasteiger partial charge in [-0.2, -0.15) is 0 Å². The number of methoxy groups -OCH3 is 1. The van der Waals surface area contributed by atoms with Crippen molar-refractivity contribution in [3.8, 4) is 17.0 Å². The average molecular weight is 247 g/mol. The third kappa shape index (κ3) is 1.95. The molecule has 0 aliphatic heterocycles. The molecule has 2 rings (SSSR count). The molecule has 5 heteroatoms. The molecule has 0 aliphatic carbocycles. The fourth-order valence-electron chi connectivity index (χ4n) is 1.99. The van der Waals surface area contributed by atoms with Crippen LogP contribution in [0.3, 0.4) is 0 Å². The zero-order valence-corrected chi connectivity index (χ0v) is 10.4. The smallest absolute Gasteiger partial charge is 0.374 e. The van der Waals surface area contributed by atoms with E-state index >= 15 is 0 Å². The van der Waals surface area contributed by atoms with Crippen molar-refractivity contribution in [2.24, 2.45) is 0 Å². The van der Waals surface area contributed by atoms with E-state index in [9.17, 15) is 4.79 Å². The Morgan fingerprint density at radius 2 is 2.11 bits per heavy atom. The zero-order chi connectivity index (χ0) is 13.3. The number of aryl methyl sites for hydroxylation is 2. The van der Waals surface area contributed by atoms with Gasteiger partial charge in [-0.25, -0.2) is 9.78 Å². The summed E-state index contributed by atoms with van der Waals surface area (Å²) in [6.45, 7) is 3.83. The molecule has 1 N–H and O–H groups in total. The number of rotatable bonds is 3. The van der Waals surface area contributed by atoms with Crippen LogP contribution in [0.2, 0.25) is 0 Å². The lowest BCUT2D eigenvalue weighted by Crippen LogP contribution is -1.99. The van der Waals surface area contributed by atoms with Gasteiger partial charge in [0.25, 0.3) is 0 Å². The maximum absolute atomic E-state index is 11.1. The second-order valence-electron chi connectivity index (χ2n) is 4.00. The maximum atomic E-state index is 11.1. The summed E-state index contributed by atoms with van der Waals surface area (Å²) in [6.07, 6.45) is 1.12. The number of carboxylic acids is 1. The number of aromatic nitrogens is 1. The van der Waals surface area contributed by atoms with E-state index in [-0.39, 0.29) is 11.5 Å². The van der Waals surface area contributed by atoms with Gasteiger partial charge in [0.1, 0.15) is 11.4 Å². The van der Waals surface area contributed by atoms with E-state index in [1.165, 1.54) is 0 Å². The number of hydrogen-bond acceptors (Lipinski definition) is 4. The molecule has 5 nitrogen and oxygen atoms in total. The molecule has 0 radical (unpaired) electrons. The second kappa shape index (κ2) is 4.52. The van der Waals surface area contributed by atoms with Gasteiger partial charge in [-0.15, -0.1) is 0 Å². The van der Waals surface area contributed by atoms with Gasteiger partial charge in [0.2, 0.25) is 5.76 Å². The minimum Gasteiger partial charge on any atom is -0.496 e. The van der Waals surface area contributed by atoms with Crippen LogP contribution in [0, 0.1) is 13.8 Å². The molecule has 1 aromatic heterocycles. The normalized spacial score (nSPS) is 10.4. The topological polar surface area (TPSA) is 72.6 Å². The Kier molecular flexibility index (Phi) is 3.06. The van der Waals surface area contributed by atoms with Gasteiger partial charge in [-0.3, -0.25) is 0 Å². The number of ether oxygens (including phenoxy) is 1. The van der Waals surface area contributed by atoms with Gasteiger partial charge in [0.15, 0.2) is 6.39 Å². The number of carbonyl (C=O) groups is 1. The van der Waals surface area contributed by atoms with Gasteiger partial charge < -0.3 is 14.3 Å². The third-order valence-corrected chi connectivity index (χ3v) is 2.64. The summed E-state index contributed by atoms with van der Waals surface area (Å²) in [7, 11) is 1.54. The minimum atomic E-state index is -1.15. The standard InChI is InChI=1S/C13H13NO4/c1-7-4-8(2)11(17-3)9(5-7)10-12(13(15)16)18-6-14-10/h4-6H,1-3H3,(H,15,16). The van der Waals surface area contributed by atoms with Crippen LogP contribution >= 0.6 is 0 Å². The zero-order valence-electron chi connectivity index (χ0n) is 10.4. The average Bonchev–Trinajstić information content (AvgIpc) is 2.76. The van der Waals surface area contributed by atoms with Crippen LogP contribution in [0.1, 0.15) is 21.7 Å². The monoisotopic (exact) mass is 247 g/mol. The van der Waals surface area contributed by atoms with E-state index in [4.69, 9.17) is 14.3 Å². The molecule has 0 aliphatic rings. The van der Waals surface area contributed by atoms with Gasteiger partial charge >= 0.3 is 5.97 Å². The lowest BCUT2D eigenvalue weighted by Gasteiger charge is -2.11. The lowest BCUT2D eigenvalue weighted by atomic mass is 10.0. The van der Waals surface area contributed by atoms with Crippen LogP contribution < -0.4 is 4.74 Å². The number of aromatic carboxylic acids is 1. The molecule has 0 atom stereocenters. The first-order chi connectivity index (χ1) is 8.54. The number of benzene rings is 1. The summed E-state index contributed by atoms with van der Waals surface area (Å²) in [5.41, 5.74) is 2.83. The van der Waals surface area contributed by atoms with Crippen molar-refractivity contribution < 1.29 is 19.1 Å². The highest BCUT2D eigenvalue weighted by Crippen LogP contribution is 2.35. The largest absolute Gasteiger partial charge is 0.496 e. The Bertz CT molecular complexity index is 601. The van der Waals surface area contributed by atoms with Crippen molar-refractivity contribution >= 4 is 5.97 Å².